The van der Waals surface area contributed by atoms with Gasteiger partial charge in [0.2, 0.25) is 0 Å². The fourth-order valence-corrected chi connectivity index (χ4v) is 1.89. The van der Waals surface area contributed by atoms with E-state index in [1.165, 1.54) is 4.68 Å². The molecule has 2 heterocycles. The van der Waals surface area contributed by atoms with Crippen molar-refractivity contribution >= 4 is 17.3 Å². The van der Waals surface area contributed by atoms with Crippen LogP contribution in [0.15, 0.2) is 23.5 Å². The third kappa shape index (κ3) is 3.14. The van der Waals surface area contributed by atoms with Gasteiger partial charge in [-0.2, -0.15) is 5.10 Å². The molecule has 0 atom stereocenters. The average molecular weight is 282 g/mol. The molecule has 0 aromatic carbocycles. The number of hydrogen-bond donors (Lipinski definition) is 2. The van der Waals surface area contributed by atoms with Gasteiger partial charge in [0.1, 0.15) is 5.02 Å². The molecule has 2 N–H and O–H groups in total. The van der Waals surface area contributed by atoms with Gasteiger partial charge in [-0.3, -0.25) is 4.79 Å². The van der Waals surface area contributed by atoms with Gasteiger partial charge in [-0.15, -0.1) is 0 Å². The third-order valence-electron chi connectivity index (χ3n) is 2.70. The first-order chi connectivity index (χ1) is 9.09. The molecular formula is C12H16ClN5O. The van der Waals surface area contributed by atoms with E-state index in [0.29, 0.717) is 12.2 Å². The summed E-state index contributed by atoms with van der Waals surface area (Å²) in [5.41, 5.74) is 1.30. The minimum absolute atomic E-state index is 0.0101. The molecule has 0 saturated carbocycles. The molecule has 0 fully saturated rings. The van der Waals surface area contributed by atoms with Crippen LogP contribution in [0.4, 0.5) is 5.69 Å². The lowest BCUT2D eigenvalue weighted by Gasteiger charge is -2.11. The highest BCUT2D eigenvalue weighted by Gasteiger charge is 2.10. The van der Waals surface area contributed by atoms with E-state index in [0.717, 1.165) is 12.1 Å². The fourth-order valence-electron chi connectivity index (χ4n) is 1.69. The van der Waals surface area contributed by atoms with Crippen molar-refractivity contribution in [3.8, 4) is 0 Å². The Morgan fingerprint density at radius 2 is 2.26 bits per heavy atom. The summed E-state index contributed by atoms with van der Waals surface area (Å²) in [7, 11) is 0. The molecule has 0 unspecified atom stereocenters. The molecule has 2 aromatic rings. The molecule has 0 aliphatic heterocycles. The predicted molar refractivity (Wildman–Crippen MR) is 74.7 cm³/mol. The van der Waals surface area contributed by atoms with E-state index in [9.17, 15) is 4.79 Å². The molecule has 102 valence electrons. The van der Waals surface area contributed by atoms with Crippen molar-refractivity contribution in [2.75, 3.05) is 11.9 Å². The Kier molecular flexibility index (Phi) is 4.21. The summed E-state index contributed by atoms with van der Waals surface area (Å²) in [6, 6.07) is -0.0101. The standard InChI is InChI=1S/C12H16ClN5O/c1-8(2)18-12(19)11(13)10(6-17-18)15-4-3-9-5-14-7-16-9/h5-8,15H,3-4H2,1-2H3,(H,14,16). The second-order valence-electron chi connectivity index (χ2n) is 4.47. The van der Waals surface area contributed by atoms with Gasteiger partial charge in [-0.1, -0.05) is 11.6 Å². The van der Waals surface area contributed by atoms with Crippen molar-refractivity contribution in [3.63, 3.8) is 0 Å². The SMILES string of the molecule is CC(C)n1ncc(NCCc2cnc[nH]2)c(Cl)c1=O. The van der Waals surface area contributed by atoms with Gasteiger partial charge in [0, 0.05) is 24.9 Å². The zero-order chi connectivity index (χ0) is 13.8. The molecule has 19 heavy (non-hydrogen) atoms. The summed E-state index contributed by atoms with van der Waals surface area (Å²) in [4.78, 5) is 18.9. The van der Waals surface area contributed by atoms with Crippen LogP contribution >= 0.6 is 11.6 Å². The van der Waals surface area contributed by atoms with Crippen LogP contribution in [0.1, 0.15) is 25.6 Å². The smallest absolute Gasteiger partial charge is 0.287 e. The van der Waals surface area contributed by atoms with Crippen molar-refractivity contribution in [1.29, 1.82) is 0 Å². The van der Waals surface area contributed by atoms with Crippen LogP contribution in [-0.2, 0) is 6.42 Å². The number of anilines is 1. The maximum absolute atomic E-state index is 11.9. The molecule has 2 aromatic heterocycles. The summed E-state index contributed by atoms with van der Waals surface area (Å²) in [5.74, 6) is 0. The van der Waals surface area contributed by atoms with Crippen LogP contribution in [-0.4, -0.2) is 26.3 Å². The third-order valence-corrected chi connectivity index (χ3v) is 3.06. The Bertz CT molecular complexity index is 591. The normalized spacial score (nSPS) is 10.9. The molecule has 0 spiro atoms. The van der Waals surface area contributed by atoms with Gasteiger partial charge < -0.3 is 10.3 Å². The summed E-state index contributed by atoms with van der Waals surface area (Å²) in [5, 5.41) is 7.37. The van der Waals surface area contributed by atoms with E-state index in [2.05, 4.69) is 20.4 Å². The Morgan fingerprint density at radius 3 is 2.89 bits per heavy atom. The molecule has 0 bridgehead atoms. The second-order valence-corrected chi connectivity index (χ2v) is 4.85. The number of imidazole rings is 1. The van der Waals surface area contributed by atoms with Crippen LogP contribution in [0.25, 0.3) is 0 Å². The molecule has 0 aliphatic rings. The number of aromatic amines is 1. The van der Waals surface area contributed by atoms with E-state index in [1.807, 2.05) is 13.8 Å². The van der Waals surface area contributed by atoms with Crippen molar-refractivity contribution < 1.29 is 0 Å². The molecule has 0 radical (unpaired) electrons. The first-order valence-electron chi connectivity index (χ1n) is 6.08. The summed E-state index contributed by atoms with van der Waals surface area (Å²) < 4.78 is 1.36. The molecule has 6 nitrogen and oxygen atoms in total. The highest BCUT2D eigenvalue weighted by atomic mass is 35.5. The first-order valence-corrected chi connectivity index (χ1v) is 6.46. The monoisotopic (exact) mass is 281 g/mol. The van der Waals surface area contributed by atoms with Gasteiger partial charge in [0.15, 0.2) is 0 Å². The number of H-pyrrole nitrogens is 1. The van der Waals surface area contributed by atoms with Gasteiger partial charge in [0.25, 0.3) is 5.56 Å². The maximum atomic E-state index is 11.9. The zero-order valence-electron chi connectivity index (χ0n) is 10.9. The van der Waals surface area contributed by atoms with Gasteiger partial charge in [0.05, 0.1) is 24.3 Å². The minimum atomic E-state index is -0.275. The number of aromatic nitrogens is 4. The highest BCUT2D eigenvalue weighted by Crippen LogP contribution is 2.16. The van der Waals surface area contributed by atoms with Crippen LogP contribution in [0.3, 0.4) is 0 Å². The van der Waals surface area contributed by atoms with E-state index in [1.54, 1.807) is 18.7 Å². The highest BCUT2D eigenvalue weighted by molar-refractivity contribution is 6.32. The Hall–Kier alpha value is -1.82. The summed E-state index contributed by atoms with van der Waals surface area (Å²) in [6.07, 6.45) is 5.74. The lowest BCUT2D eigenvalue weighted by molar-refractivity contribution is 0.503. The molecular weight excluding hydrogens is 266 g/mol. The number of halogens is 1. The number of nitrogens with one attached hydrogen (secondary N) is 2. The topological polar surface area (TPSA) is 75.6 Å². The quantitative estimate of drug-likeness (QED) is 0.877. The maximum Gasteiger partial charge on any atom is 0.287 e. The van der Waals surface area contributed by atoms with Gasteiger partial charge >= 0.3 is 0 Å². The lowest BCUT2D eigenvalue weighted by atomic mass is 10.3. The molecule has 7 heteroatoms. The van der Waals surface area contributed by atoms with E-state index in [4.69, 9.17) is 11.6 Å². The molecule has 0 amide bonds. The molecule has 0 saturated heterocycles. The number of hydrogen-bond acceptors (Lipinski definition) is 4. The Balaban J connectivity index is 2.05. The second kappa shape index (κ2) is 5.88. The van der Waals surface area contributed by atoms with Crippen molar-refractivity contribution in [1.82, 2.24) is 19.7 Å². The van der Waals surface area contributed by atoms with Crippen molar-refractivity contribution in [2.45, 2.75) is 26.3 Å². The summed E-state index contributed by atoms with van der Waals surface area (Å²) in [6.45, 7) is 4.42. The fraction of sp³-hybridized carbons (Fsp3) is 0.417. The predicted octanol–water partition coefficient (Wildman–Crippen LogP) is 1.86. The Labute approximate surface area is 115 Å². The Morgan fingerprint density at radius 1 is 1.47 bits per heavy atom. The summed E-state index contributed by atoms with van der Waals surface area (Å²) >= 11 is 6.05. The van der Waals surface area contributed by atoms with E-state index < -0.39 is 0 Å². The molecule has 0 aliphatic carbocycles. The van der Waals surface area contributed by atoms with Crippen LogP contribution in [0.2, 0.25) is 5.02 Å². The zero-order valence-corrected chi connectivity index (χ0v) is 11.6. The van der Waals surface area contributed by atoms with Crippen LogP contribution in [0, 0.1) is 0 Å². The minimum Gasteiger partial charge on any atom is -0.382 e. The largest absolute Gasteiger partial charge is 0.382 e. The molecule has 2 rings (SSSR count). The first kappa shape index (κ1) is 13.6. The van der Waals surface area contributed by atoms with Crippen molar-refractivity contribution in [2.24, 2.45) is 0 Å². The van der Waals surface area contributed by atoms with Gasteiger partial charge in [-0.05, 0) is 13.8 Å². The van der Waals surface area contributed by atoms with E-state index in [-0.39, 0.29) is 16.6 Å². The number of rotatable bonds is 5. The van der Waals surface area contributed by atoms with Crippen LogP contribution < -0.4 is 10.9 Å². The van der Waals surface area contributed by atoms with Gasteiger partial charge in [-0.25, -0.2) is 9.67 Å². The van der Waals surface area contributed by atoms with Crippen LogP contribution in [0.5, 0.6) is 0 Å². The number of nitrogens with zero attached hydrogens (tertiary/aromatic N) is 3. The lowest BCUT2D eigenvalue weighted by Crippen LogP contribution is -2.26. The van der Waals surface area contributed by atoms with E-state index >= 15 is 0 Å². The average Bonchev–Trinajstić information content (AvgIpc) is 2.87. The van der Waals surface area contributed by atoms with Crippen molar-refractivity contribution in [3.05, 3.63) is 39.8 Å².